The van der Waals surface area contributed by atoms with Gasteiger partial charge in [-0.2, -0.15) is 5.10 Å². The highest BCUT2D eigenvalue weighted by Crippen LogP contribution is 2.27. The molecule has 4 rings (SSSR count). The summed E-state index contributed by atoms with van der Waals surface area (Å²) in [5, 5.41) is 4.44. The number of imide groups is 1. The van der Waals surface area contributed by atoms with E-state index in [0.29, 0.717) is 29.8 Å². The molecule has 1 aromatic carbocycles. The molecule has 0 saturated carbocycles. The predicted octanol–water partition coefficient (Wildman–Crippen LogP) is 1.93. The number of carbonyl (C=O) groups is 3. The van der Waals surface area contributed by atoms with Crippen molar-refractivity contribution in [3.05, 3.63) is 51.8 Å². The number of benzene rings is 1. The molecular formula is C20H22N4O3. The van der Waals surface area contributed by atoms with Crippen molar-refractivity contribution in [3.8, 4) is 0 Å². The van der Waals surface area contributed by atoms with E-state index in [1.54, 1.807) is 36.9 Å². The smallest absolute Gasteiger partial charge is 0.261 e. The van der Waals surface area contributed by atoms with E-state index in [9.17, 15) is 14.4 Å². The fourth-order valence-electron chi connectivity index (χ4n) is 4.00. The summed E-state index contributed by atoms with van der Waals surface area (Å²) in [6.45, 7) is 6.69. The molecule has 0 aliphatic carbocycles. The number of rotatable bonds is 2. The average Bonchev–Trinajstić information content (AvgIpc) is 3.07. The van der Waals surface area contributed by atoms with Crippen LogP contribution in [0, 0.1) is 6.92 Å². The molecule has 7 nitrogen and oxygen atoms in total. The van der Waals surface area contributed by atoms with Crippen molar-refractivity contribution in [2.75, 3.05) is 6.54 Å². The van der Waals surface area contributed by atoms with Crippen LogP contribution in [-0.2, 0) is 20.0 Å². The number of aromatic nitrogens is 2. The summed E-state index contributed by atoms with van der Waals surface area (Å²) in [6.07, 6.45) is 0.768. The number of fused-ring (bicyclic) bond motifs is 2. The van der Waals surface area contributed by atoms with Crippen molar-refractivity contribution in [1.29, 1.82) is 0 Å². The molecule has 7 heteroatoms. The van der Waals surface area contributed by atoms with Crippen molar-refractivity contribution < 1.29 is 14.4 Å². The predicted molar refractivity (Wildman–Crippen MR) is 98.5 cm³/mol. The second-order valence-corrected chi connectivity index (χ2v) is 7.45. The zero-order valence-electron chi connectivity index (χ0n) is 15.9. The minimum Gasteiger partial charge on any atom is -0.332 e. The normalized spacial score (nSPS) is 16.2. The number of aryl methyl sites for hydroxylation is 2. The number of amides is 3. The van der Waals surface area contributed by atoms with E-state index in [1.165, 1.54) is 10.5 Å². The van der Waals surface area contributed by atoms with Gasteiger partial charge >= 0.3 is 0 Å². The van der Waals surface area contributed by atoms with E-state index >= 15 is 0 Å². The van der Waals surface area contributed by atoms with Gasteiger partial charge in [0.15, 0.2) is 0 Å². The molecular weight excluding hydrogens is 344 g/mol. The highest BCUT2D eigenvalue weighted by molar-refractivity contribution is 6.22. The third-order valence-corrected chi connectivity index (χ3v) is 5.42. The van der Waals surface area contributed by atoms with Crippen molar-refractivity contribution in [2.24, 2.45) is 7.05 Å². The van der Waals surface area contributed by atoms with Crippen molar-refractivity contribution in [1.82, 2.24) is 19.6 Å². The molecule has 1 aromatic heterocycles. The second kappa shape index (κ2) is 6.04. The first-order valence-corrected chi connectivity index (χ1v) is 9.12. The molecule has 3 heterocycles. The molecule has 0 N–H and O–H groups in total. The monoisotopic (exact) mass is 366 g/mol. The maximum absolute atomic E-state index is 13.0. The molecule has 0 bridgehead atoms. The Bertz CT molecular complexity index is 989. The van der Waals surface area contributed by atoms with Crippen LogP contribution in [0.4, 0.5) is 0 Å². The van der Waals surface area contributed by atoms with Crippen LogP contribution in [0.1, 0.15) is 61.9 Å². The first kappa shape index (κ1) is 17.5. The van der Waals surface area contributed by atoms with Crippen LogP contribution >= 0.6 is 0 Å². The maximum Gasteiger partial charge on any atom is 0.261 e. The SMILES string of the molecule is Cc1nn(C)c2c1CCN(C(=O)c1ccc3c(c1)C(=O)N(C(C)C)C3=O)C2. The number of carbonyl (C=O) groups excluding carboxylic acids is 3. The molecule has 2 aliphatic rings. The summed E-state index contributed by atoms with van der Waals surface area (Å²) in [5.41, 5.74) is 4.38. The summed E-state index contributed by atoms with van der Waals surface area (Å²) in [4.78, 5) is 41.0. The quantitative estimate of drug-likeness (QED) is 0.761. The molecule has 27 heavy (non-hydrogen) atoms. The molecule has 2 aromatic rings. The highest BCUT2D eigenvalue weighted by Gasteiger charge is 2.38. The molecule has 0 atom stereocenters. The van der Waals surface area contributed by atoms with E-state index in [-0.39, 0.29) is 23.8 Å². The first-order valence-electron chi connectivity index (χ1n) is 9.12. The Kier molecular flexibility index (Phi) is 3.91. The molecule has 0 radical (unpaired) electrons. The molecule has 0 spiro atoms. The highest BCUT2D eigenvalue weighted by atomic mass is 16.2. The van der Waals surface area contributed by atoms with Gasteiger partial charge in [-0.05, 0) is 51.0 Å². The second-order valence-electron chi connectivity index (χ2n) is 7.45. The van der Waals surface area contributed by atoms with Gasteiger partial charge in [0.05, 0.1) is 29.1 Å². The average molecular weight is 366 g/mol. The zero-order chi connectivity index (χ0) is 19.5. The fourth-order valence-corrected chi connectivity index (χ4v) is 4.00. The van der Waals surface area contributed by atoms with Gasteiger partial charge in [0.25, 0.3) is 17.7 Å². The summed E-state index contributed by atoms with van der Waals surface area (Å²) in [5.74, 6) is -0.759. The number of hydrogen-bond donors (Lipinski definition) is 0. The molecule has 0 unspecified atom stereocenters. The molecule has 2 aliphatic heterocycles. The van der Waals surface area contributed by atoms with E-state index in [4.69, 9.17) is 0 Å². The van der Waals surface area contributed by atoms with Crippen molar-refractivity contribution in [3.63, 3.8) is 0 Å². The fraction of sp³-hybridized carbons (Fsp3) is 0.400. The standard InChI is InChI=1S/C20H22N4O3/c1-11(2)24-19(26)15-6-5-13(9-16(15)20(24)27)18(25)23-8-7-14-12(3)21-22(4)17(14)10-23/h5-6,9,11H,7-8,10H2,1-4H3. The third-order valence-electron chi connectivity index (χ3n) is 5.42. The Hall–Kier alpha value is -2.96. The van der Waals surface area contributed by atoms with Gasteiger partial charge in [0.2, 0.25) is 0 Å². The molecule has 0 fully saturated rings. The lowest BCUT2D eigenvalue weighted by atomic mass is 10.0. The topological polar surface area (TPSA) is 75.5 Å². The van der Waals surface area contributed by atoms with Crippen LogP contribution < -0.4 is 0 Å². The Morgan fingerprint density at radius 3 is 2.56 bits per heavy atom. The van der Waals surface area contributed by atoms with E-state index < -0.39 is 0 Å². The lowest BCUT2D eigenvalue weighted by Gasteiger charge is -2.27. The minimum atomic E-state index is -0.331. The minimum absolute atomic E-state index is 0.134. The Labute approximate surface area is 157 Å². The summed E-state index contributed by atoms with van der Waals surface area (Å²) in [7, 11) is 1.89. The first-order chi connectivity index (χ1) is 12.8. The Morgan fingerprint density at radius 2 is 1.85 bits per heavy atom. The maximum atomic E-state index is 13.0. The van der Waals surface area contributed by atoms with Crippen molar-refractivity contribution >= 4 is 17.7 Å². The van der Waals surface area contributed by atoms with Gasteiger partial charge in [-0.25, -0.2) is 0 Å². The lowest BCUT2D eigenvalue weighted by molar-refractivity contribution is 0.0608. The summed E-state index contributed by atoms with van der Waals surface area (Å²) in [6, 6.07) is 4.57. The molecule has 0 saturated heterocycles. The summed E-state index contributed by atoms with van der Waals surface area (Å²) < 4.78 is 1.83. The van der Waals surface area contributed by atoms with Crippen LogP contribution in [0.3, 0.4) is 0 Å². The van der Waals surface area contributed by atoms with E-state index in [0.717, 1.165) is 17.8 Å². The van der Waals surface area contributed by atoms with Gasteiger partial charge in [0.1, 0.15) is 0 Å². The van der Waals surface area contributed by atoms with Crippen molar-refractivity contribution in [2.45, 2.75) is 39.8 Å². The Balaban J connectivity index is 1.63. The van der Waals surface area contributed by atoms with Crippen LogP contribution in [0.25, 0.3) is 0 Å². The van der Waals surface area contributed by atoms with E-state index in [2.05, 4.69) is 5.10 Å². The van der Waals surface area contributed by atoms with E-state index in [1.807, 2.05) is 18.7 Å². The van der Waals surface area contributed by atoms with Crippen LogP contribution in [0.15, 0.2) is 18.2 Å². The third kappa shape index (κ3) is 2.57. The van der Waals surface area contributed by atoms with Crippen LogP contribution in [-0.4, -0.2) is 49.9 Å². The Morgan fingerprint density at radius 1 is 1.15 bits per heavy atom. The number of nitrogens with zero attached hydrogens (tertiary/aromatic N) is 4. The van der Waals surface area contributed by atoms with Gasteiger partial charge in [-0.3, -0.25) is 24.0 Å². The van der Waals surface area contributed by atoms with Gasteiger partial charge < -0.3 is 4.90 Å². The zero-order valence-corrected chi connectivity index (χ0v) is 15.9. The molecule has 140 valence electrons. The van der Waals surface area contributed by atoms with Gasteiger partial charge in [0, 0.05) is 25.2 Å². The molecule has 3 amide bonds. The van der Waals surface area contributed by atoms with Gasteiger partial charge in [-0.1, -0.05) is 0 Å². The summed E-state index contributed by atoms with van der Waals surface area (Å²) >= 11 is 0. The van der Waals surface area contributed by atoms with Crippen LogP contribution in [0.5, 0.6) is 0 Å². The van der Waals surface area contributed by atoms with Gasteiger partial charge in [-0.15, -0.1) is 0 Å². The van der Waals surface area contributed by atoms with Crippen LogP contribution in [0.2, 0.25) is 0 Å². The lowest BCUT2D eigenvalue weighted by Crippen LogP contribution is -2.36. The largest absolute Gasteiger partial charge is 0.332 e. The number of hydrogen-bond acceptors (Lipinski definition) is 4.